The second kappa shape index (κ2) is 7.96. The highest BCUT2D eigenvalue weighted by Crippen LogP contribution is 2.44. The van der Waals surface area contributed by atoms with Crippen molar-refractivity contribution in [3.8, 4) is 11.1 Å². The Morgan fingerprint density at radius 3 is 2.36 bits per heavy atom. The van der Waals surface area contributed by atoms with Gasteiger partial charge in [-0.3, -0.25) is 0 Å². The number of aromatic nitrogens is 1. The van der Waals surface area contributed by atoms with Crippen molar-refractivity contribution in [3.05, 3.63) is 89.6 Å². The molecule has 3 N–H and O–H groups in total. The SMILES string of the molecule is Nc1cccc(C=CCNC(=O)OCC2c3ccccc3-c3ccccc32)n1. The van der Waals surface area contributed by atoms with Gasteiger partial charge in [0.05, 0.1) is 5.69 Å². The summed E-state index contributed by atoms with van der Waals surface area (Å²) in [7, 11) is 0. The summed E-state index contributed by atoms with van der Waals surface area (Å²) in [6, 6.07) is 21.9. The maximum Gasteiger partial charge on any atom is 0.407 e. The van der Waals surface area contributed by atoms with Gasteiger partial charge in [-0.2, -0.15) is 0 Å². The average molecular weight is 371 g/mol. The van der Waals surface area contributed by atoms with Crippen LogP contribution in [0.15, 0.2) is 72.8 Å². The van der Waals surface area contributed by atoms with Gasteiger partial charge in [0.1, 0.15) is 12.4 Å². The molecule has 1 aliphatic rings. The van der Waals surface area contributed by atoms with Gasteiger partial charge in [-0.05, 0) is 40.5 Å². The Balaban J connectivity index is 1.34. The lowest BCUT2D eigenvalue weighted by Gasteiger charge is -2.14. The van der Waals surface area contributed by atoms with E-state index in [9.17, 15) is 4.79 Å². The number of fused-ring (bicyclic) bond motifs is 3. The Morgan fingerprint density at radius 2 is 1.68 bits per heavy atom. The van der Waals surface area contributed by atoms with Crippen molar-refractivity contribution in [2.45, 2.75) is 5.92 Å². The predicted molar refractivity (Wildman–Crippen MR) is 111 cm³/mol. The third kappa shape index (κ3) is 3.74. The number of benzene rings is 2. The van der Waals surface area contributed by atoms with Gasteiger partial charge in [0.25, 0.3) is 0 Å². The zero-order valence-corrected chi connectivity index (χ0v) is 15.3. The number of nitrogens with zero attached hydrogens (tertiary/aromatic N) is 1. The first kappa shape index (κ1) is 17.8. The number of carbonyl (C=O) groups is 1. The van der Waals surface area contributed by atoms with Gasteiger partial charge in [0.15, 0.2) is 0 Å². The first-order valence-electron chi connectivity index (χ1n) is 9.20. The molecule has 5 nitrogen and oxygen atoms in total. The molecule has 28 heavy (non-hydrogen) atoms. The molecule has 5 heteroatoms. The van der Waals surface area contributed by atoms with Crippen LogP contribution in [0.4, 0.5) is 10.6 Å². The van der Waals surface area contributed by atoms with E-state index in [0.29, 0.717) is 19.0 Å². The lowest BCUT2D eigenvalue weighted by molar-refractivity contribution is 0.144. The summed E-state index contributed by atoms with van der Waals surface area (Å²) in [4.78, 5) is 16.3. The fourth-order valence-electron chi connectivity index (χ4n) is 3.53. The second-order valence-electron chi connectivity index (χ2n) is 6.60. The Bertz CT molecular complexity index is 984. The van der Waals surface area contributed by atoms with E-state index in [1.54, 1.807) is 12.1 Å². The molecule has 140 valence electrons. The molecule has 1 heterocycles. The third-order valence-electron chi connectivity index (χ3n) is 4.79. The number of amides is 1. The third-order valence-corrected chi connectivity index (χ3v) is 4.79. The maximum absolute atomic E-state index is 12.1. The van der Waals surface area contributed by atoms with Crippen molar-refractivity contribution in [1.82, 2.24) is 10.3 Å². The number of hydrogen-bond donors (Lipinski definition) is 2. The molecular formula is C23H21N3O2. The monoisotopic (exact) mass is 371 g/mol. The summed E-state index contributed by atoms with van der Waals surface area (Å²) in [6.07, 6.45) is 3.18. The predicted octanol–water partition coefficient (Wildman–Crippen LogP) is 4.22. The van der Waals surface area contributed by atoms with Crippen LogP contribution < -0.4 is 11.1 Å². The summed E-state index contributed by atoms with van der Waals surface area (Å²) in [6.45, 7) is 0.660. The minimum atomic E-state index is -0.438. The van der Waals surface area contributed by atoms with Gasteiger partial charge in [0.2, 0.25) is 0 Å². The van der Waals surface area contributed by atoms with Crippen LogP contribution in [0.25, 0.3) is 17.2 Å². The fourth-order valence-corrected chi connectivity index (χ4v) is 3.53. The van der Waals surface area contributed by atoms with Gasteiger partial charge in [-0.1, -0.05) is 60.7 Å². The molecule has 4 rings (SSSR count). The van der Waals surface area contributed by atoms with E-state index in [1.165, 1.54) is 22.3 Å². The molecule has 0 spiro atoms. The van der Waals surface area contributed by atoms with Crippen molar-refractivity contribution >= 4 is 18.0 Å². The minimum Gasteiger partial charge on any atom is -0.449 e. The van der Waals surface area contributed by atoms with Crippen LogP contribution in [-0.4, -0.2) is 24.2 Å². The summed E-state index contributed by atoms with van der Waals surface area (Å²) in [5, 5.41) is 2.73. The second-order valence-corrected chi connectivity index (χ2v) is 6.60. The molecule has 0 atom stereocenters. The van der Waals surface area contributed by atoms with E-state index in [0.717, 1.165) is 5.69 Å². The molecule has 0 bridgehead atoms. The van der Waals surface area contributed by atoms with Crippen LogP contribution in [0.5, 0.6) is 0 Å². The molecule has 0 fully saturated rings. The van der Waals surface area contributed by atoms with E-state index < -0.39 is 6.09 Å². The molecule has 0 aliphatic heterocycles. The lowest BCUT2D eigenvalue weighted by atomic mass is 9.98. The number of anilines is 1. The largest absolute Gasteiger partial charge is 0.449 e. The van der Waals surface area contributed by atoms with E-state index >= 15 is 0 Å². The van der Waals surface area contributed by atoms with Crippen LogP contribution in [0, 0.1) is 0 Å². The number of nitrogen functional groups attached to an aromatic ring is 1. The van der Waals surface area contributed by atoms with E-state index in [-0.39, 0.29) is 5.92 Å². The number of ether oxygens (including phenoxy) is 1. The van der Waals surface area contributed by atoms with Gasteiger partial charge in [0, 0.05) is 12.5 Å². The quantitative estimate of drug-likeness (QED) is 0.704. The molecule has 3 aromatic rings. The summed E-state index contributed by atoms with van der Waals surface area (Å²) in [5.74, 6) is 0.525. The standard InChI is InChI=1S/C23H21N3O2/c24-22-13-5-7-16(26-22)8-6-14-25-23(27)28-15-21-19-11-3-1-9-17(19)18-10-2-4-12-20(18)21/h1-13,21H,14-15H2,(H2,24,26)(H,25,27). The topological polar surface area (TPSA) is 77.2 Å². The molecular weight excluding hydrogens is 350 g/mol. The summed E-state index contributed by atoms with van der Waals surface area (Å²) in [5.41, 5.74) is 11.2. The smallest absolute Gasteiger partial charge is 0.407 e. The zero-order valence-electron chi connectivity index (χ0n) is 15.3. The molecule has 1 aliphatic carbocycles. The number of carbonyl (C=O) groups excluding carboxylic acids is 1. The van der Waals surface area contributed by atoms with Crippen LogP contribution in [0.1, 0.15) is 22.7 Å². The van der Waals surface area contributed by atoms with Crippen molar-refractivity contribution < 1.29 is 9.53 Å². The van der Waals surface area contributed by atoms with E-state index in [1.807, 2.05) is 42.5 Å². The number of nitrogens with one attached hydrogen (secondary N) is 1. The highest BCUT2D eigenvalue weighted by molar-refractivity contribution is 5.79. The zero-order chi connectivity index (χ0) is 19.3. The van der Waals surface area contributed by atoms with Crippen molar-refractivity contribution in [2.75, 3.05) is 18.9 Å². The minimum absolute atomic E-state index is 0.0604. The lowest BCUT2D eigenvalue weighted by Crippen LogP contribution is -2.26. The number of alkyl carbamates (subject to hydrolysis) is 1. The Labute approximate surface area is 163 Å². The maximum atomic E-state index is 12.1. The first-order chi connectivity index (χ1) is 13.7. The number of rotatable bonds is 5. The molecule has 0 radical (unpaired) electrons. The van der Waals surface area contributed by atoms with Gasteiger partial charge in [-0.15, -0.1) is 0 Å². The van der Waals surface area contributed by atoms with Crippen LogP contribution in [0.3, 0.4) is 0 Å². The first-order valence-corrected chi connectivity index (χ1v) is 9.20. The van der Waals surface area contributed by atoms with Crippen LogP contribution >= 0.6 is 0 Å². The van der Waals surface area contributed by atoms with Gasteiger partial charge < -0.3 is 15.8 Å². The molecule has 2 aromatic carbocycles. The Morgan fingerprint density at radius 1 is 1.00 bits per heavy atom. The molecule has 0 saturated carbocycles. The van der Waals surface area contributed by atoms with Crippen LogP contribution in [0.2, 0.25) is 0 Å². The summed E-state index contributed by atoms with van der Waals surface area (Å²) >= 11 is 0. The summed E-state index contributed by atoms with van der Waals surface area (Å²) < 4.78 is 5.49. The van der Waals surface area contributed by atoms with Crippen molar-refractivity contribution in [2.24, 2.45) is 0 Å². The van der Waals surface area contributed by atoms with Crippen molar-refractivity contribution in [1.29, 1.82) is 0 Å². The highest BCUT2D eigenvalue weighted by atomic mass is 16.5. The van der Waals surface area contributed by atoms with E-state index in [2.05, 4.69) is 34.6 Å². The number of hydrogen-bond acceptors (Lipinski definition) is 4. The number of pyridine rings is 1. The van der Waals surface area contributed by atoms with E-state index in [4.69, 9.17) is 10.5 Å². The van der Waals surface area contributed by atoms with Crippen molar-refractivity contribution in [3.63, 3.8) is 0 Å². The van der Waals surface area contributed by atoms with Crippen LogP contribution in [-0.2, 0) is 4.74 Å². The normalized spacial score (nSPS) is 12.6. The molecule has 0 unspecified atom stereocenters. The van der Waals surface area contributed by atoms with Gasteiger partial charge in [-0.25, -0.2) is 9.78 Å². The number of nitrogens with two attached hydrogens (primary N) is 1. The molecule has 0 saturated heterocycles. The average Bonchev–Trinajstić information content (AvgIpc) is 3.04. The highest BCUT2D eigenvalue weighted by Gasteiger charge is 2.28. The fraction of sp³-hybridized carbons (Fsp3) is 0.130. The molecule has 1 aromatic heterocycles. The van der Waals surface area contributed by atoms with Gasteiger partial charge >= 0.3 is 6.09 Å². The Kier molecular flexibility index (Phi) is 5.06. The molecule has 1 amide bonds. The Hall–Kier alpha value is -3.60.